The maximum atomic E-state index is 12.4. The lowest BCUT2D eigenvalue weighted by Gasteiger charge is -2.11. The Hall–Kier alpha value is -2.51. The van der Waals surface area contributed by atoms with Gasteiger partial charge in [0.05, 0.1) is 28.3 Å². The average molecular weight is 340 g/mol. The summed E-state index contributed by atoms with van der Waals surface area (Å²) in [6.45, 7) is 2.06. The zero-order valence-corrected chi connectivity index (χ0v) is 13.9. The highest BCUT2D eigenvalue weighted by atomic mass is 32.1. The predicted octanol–water partition coefficient (Wildman–Crippen LogP) is 2.87. The summed E-state index contributed by atoms with van der Waals surface area (Å²) >= 11 is 1.50. The summed E-state index contributed by atoms with van der Waals surface area (Å²) in [5.41, 5.74) is 0.725. The molecule has 1 aromatic carbocycles. The summed E-state index contributed by atoms with van der Waals surface area (Å²) in [6.07, 6.45) is 5.88. The molecule has 122 valence electrons. The van der Waals surface area contributed by atoms with Crippen molar-refractivity contribution in [3.63, 3.8) is 0 Å². The topological polar surface area (TPSA) is 90.9 Å². The molecular weight excluding hydrogens is 324 g/mol. The molecule has 0 fully saturated rings. The molecule has 0 unspecified atom stereocenters. The fraction of sp³-hybridized carbons (Fsp3) is 0.235. The van der Waals surface area contributed by atoms with Crippen molar-refractivity contribution in [1.82, 2.24) is 15.0 Å². The van der Waals surface area contributed by atoms with Gasteiger partial charge in [-0.15, -0.1) is 0 Å². The number of hydrogen-bond acceptors (Lipinski definition) is 6. The summed E-state index contributed by atoms with van der Waals surface area (Å²) in [4.78, 5) is 24.0. The number of anilines is 1. The van der Waals surface area contributed by atoms with E-state index in [1.165, 1.54) is 11.3 Å². The molecule has 0 aliphatic heterocycles. The molecule has 0 saturated carbocycles. The van der Waals surface area contributed by atoms with Gasteiger partial charge >= 0.3 is 0 Å². The van der Waals surface area contributed by atoms with Gasteiger partial charge in [0.2, 0.25) is 0 Å². The normalized spacial score (nSPS) is 12.9. The highest BCUT2D eigenvalue weighted by Gasteiger charge is 2.16. The van der Waals surface area contributed by atoms with Crippen molar-refractivity contribution >= 4 is 48.2 Å². The first-order valence-electron chi connectivity index (χ1n) is 7.78. The first-order chi connectivity index (χ1) is 11.7. The van der Waals surface area contributed by atoms with Crippen LogP contribution in [-0.2, 0) is 0 Å². The Bertz CT molecular complexity index is 1100. The summed E-state index contributed by atoms with van der Waals surface area (Å²) in [5.74, 6) is 0. The second kappa shape index (κ2) is 5.85. The van der Waals surface area contributed by atoms with Crippen molar-refractivity contribution in [2.75, 3.05) is 11.9 Å². The zero-order valence-electron chi connectivity index (χ0n) is 13.0. The van der Waals surface area contributed by atoms with Crippen molar-refractivity contribution < 1.29 is 5.11 Å². The third-order valence-electron chi connectivity index (χ3n) is 4.22. The molecule has 24 heavy (non-hydrogen) atoms. The van der Waals surface area contributed by atoms with E-state index in [4.69, 9.17) is 4.98 Å². The van der Waals surface area contributed by atoms with E-state index in [1.807, 2.05) is 19.1 Å². The van der Waals surface area contributed by atoms with Crippen LogP contribution in [0.15, 0.2) is 35.5 Å². The number of hydrogen-bond donors (Lipinski definition) is 3. The molecule has 0 aliphatic rings. The third-order valence-corrected chi connectivity index (χ3v) is 5.24. The Morgan fingerprint density at radius 2 is 2.21 bits per heavy atom. The summed E-state index contributed by atoms with van der Waals surface area (Å²) < 4.78 is 0.963. The van der Waals surface area contributed by atoms with Crippen LogP contribution in [0.4, 0.5) is 5.13 Å². The Morgan fingerprint density at radius 1 is 1.33 bits per heavy atom. The van der Waals surface area contributed by atoms with Crippen LogP contribution in [0.2, 0.25) is 0 Å². The van der Waals surface area contributed by atoms with E-state index < -0.39 is 0 Å². The number of fused-ring (bicyclic) bond motifs is 6. The molecular formula is C17H16N4O2S. The fourth-order valence-electron chi connectivity index (χ4n) is 2.93. The number of aromatic nitrogens is 3. The highest BCUT2D eigenvalue weighted by molar-refractivity contribution is 7.23. The van der Waals surface area contributed by atoms with E-state index >= 15 is 0 Å². The maximum absolute atomic E-state index is 12.4. The van der Waals surface area contributed by atoms with Crippen LogP contribution in [0.25, 0.3) is 31.8 Å². The van der Waals surface area contributed by atoms with Crippen LogP contribution in [-0.4, -0.2) is 32.7 Å². The van der Waals surface area contributed by atoms with Crippen LogP contribution >= 0.6 is 11.3 Å². The molecule has 0 radical (unpaired) electrons. The number of aliphatic hydroxyl groups excluding tert-OH is 1. The second-order valence-corrected chi connectivity index (χ2v) is 6.64. The number of rotatable bonds is 4. The first-order valence-corrected chi connectivity index (χ1v) is 8.59. The van der Waals surface area contributed by atoms with Crippen LogP contribution in [0, 0.1) is 0 Å². The van der Waals surface area contributed by atoms with Crippen LogP contribution < -0.4 is 10.9 Å². The molecule has 4 rings (SSSR count). The summed E-state index contributed by atoms with van der Waals surface area (Å²) in [6, 6.07) is 3.75. The van der Waals surface area contributed by atoms with Crippen LogP contribution in [0.5, 0.6) is 0 Å². The van der Waals surface area contributed by atoms with Gasteiger partial charge in [0.15, 0.2) is 5.13 Å². The van der Waals surface area contributed by atoms with Gasteiger partial charge in [-0.05, 0) is 18.6 Å². The predicted molar refractivity (Wildman–Crippen MR) is 97.8 cm³/mol. The smallest absolute Gasteiger partial charge is 0.256 e. The lowest BCUT2D eigenvalue weighted by molar-refractivity contribution is 0.272. The van der Waals surface area contributed by atoms with Crippen LogP contribution in [0.3, 0.4) is 0 Å². The Morgan fingerprint density at radius 3 is 3.00 bits per heavy atom. The number of nitrogens with zero attached hydrogens (tertiary/aromatic N) is 2. The first kappa shape index (κ1) is 15.0. The molecule has 0 aliphatic carbocycles. The minimum absolute atomic E-state index is 0.0341. The molecule has 3 N–H and O–H groups in total. The Labute approximate surface area is 141 Å². The number of pyridine rings is 2. The van der Waals surface area contributed by atoms with Crippen molar-refractivity contribution in [1.29, 1.82) is 0 Å². The molecule has 7 heteroatoms. The number of aliphatic hydroxyl groups is 1. The Balaban J connectivity index is 2.08. The van der Waals surface area contributed by atoms with E-state index in [1.54, 1.807) is 18.6 Å². The van der Waals surface area contributed by atoms with Gasteiger partial charge in [-0.25, -0.2) is 4.98 Å². The van der Waals surface area contributed by atoms with Crippen molar-refractivity contribution in [2.24, 2.45) is 0 Å². The number of benzene rings is 1. The van der Waals surface area contributed by atoms with Crippen LogP contribution in [0.1, 0.15) is 13.3 Å². The standard InChI is InChI=1S/C17H16N4O2S/c1-2-9(8-22)20-17-21-14-10-3-5-18-7-12(10)13-11(15(14)24-17)4-6-19-16(13)23/h3-7,9,22H,2,8H2,1H3,(H,19,23)(H,20,21)/t9-/m1/s1. The van der Waals surface area contributed by atoms with Gasteiger partial charge in [0.1, 0.15) is 0 Å². The number of nitrogens with one attached hydrogen (secondary N) is 2. The molecule has 6 nitrogen and oxygen atoms in total. The van der Waals surface area contributed by atoms with E-state index in [2.05, 4.69) is 15.3 Å². The maximum Gasteiger partial charge on any atom is 0.256 e. The molecule has 1 atom stereocenters. The monoisotopic (exact) mass is 340 g/mol. The van der Waals surface area contributed by atoms with Gasteiger partial charge in [0.25, 0.3) is 5.56 Å². The molecule has 3 heterocycles. The van der Waals surface area contributed by atoms with Gasteiger partial charge in [-0.3, -0.25) is 9.78 Å². The molecule has 0 spiro atoms. The molecule has 0 saturated heterocycles. The van der Waals surface area contributed by atoms with Crippen molar-refractivity contribution in [3.05, 3.63) is 41.1 Å². The van der Waals surface area contributed by atoms with E-state index in [-0.39, 0.29) is 18.2 Å². The fourth-order valence-corrected chi connectivity index (χ4v) is 4.02. The quantitative estimate of drug-likeness (QED) is 0.497. The molecule has 0 amide bonds. The highest BCUT2D eigenvalue weighted by Crippen LogP contribution is 2.37. The van der Waals surface area contributed by atoms with Crippen molar-refractivity contribution in [2.45, 2.75) is 19.4 Å². The second-order valence-electron chi connectivity index (χ2n) is 5.65. The summed E-state index contributed by atoms with van der Waals surface area (Å²) in [5, 5.41) is 16.6. The third kappa shape index (κ3) is 2.24. The number of H-pyrrole nitrogens is 1. The van der Waals surface area contributed by atoms with Gasteiger partial charge in [-0.2, -0.15) is 0 Å². The minimum atomic E-state index is -0.128. The lowest BCUT2D eigenvalue weighted by atomic mass is 10.0. The lowest BCUT2D eigenvalue weighted by Crippen LogP contribution is -2.22. The number of thiazole rings is 1. The largest absolute Gasteiger partial charge is 0.394 e. The van der Waals surface area contributed by atoms with Gasteiger partial charge in [-0.1, -0.05) is 18.3 Å². The molecule has 0 bridgehead atoms. The summed E-state index contributed by atoms with van der Waals surface area (Å²) in [7, 11) is 0. The van der Waals surface area contributed by atoms with E-state index in [0.717, 1.165) is 37.9 Å². The number of aromatic amines is 1. The van der Waals surface area contributed by atoms with Crippen molar-refractivity contribution in [3.8, 4) is 0 Å². The Kier molecular flexibility index (Phi) is 3.66. The van der Waals surface area contributed by atoms with E-state index in [0.29, 0.717) is 5.39 Å². The SMILES string of the molecule is CC[C@H](CO)Nc1nc2c3ccncc3c3c(=O)[nH]ccc3c2s1. The molecule has 3 aromatic heterocycles. The van der Waals surface area contributed by atoms with Gasteiger partial charge < -0.3 is 15.4 Å². The minimum Gasteiger partial charge on any atom is -0.394 e. The molecule has 4 aromatic rings. The average Bonchev–Trinajstić information content (AvgIpc) is 3.04. The van der Waals surface area contributed by atoms with Gasteiger partial charge in [0, 0.05) is 34.7 Å². The van der Waals surface area contributed by atoms with E-state index in [9.17, 15) is 9.90 Å². The zero-order chi connectivity index (χ0) is 16.7.